The van der Waals surface area contributed by atoms with Crippen LogP contribution in [-0.2, 0) is 0 Å². The molecule has 0 saturated carbocycles. The Morgan fingerprint density at radius 1 is 1.44 bits per heavy atom. The highest BCUT2D eigenvalue weighted by Crippen LogP contribution is 2.35. The number of carboxylic acid groups (broad SMARTS) is 1. The molecule has 8 heteroatoms. The van der Waals surface area contributed by atoms with Crippen LogP contribution in [0.4, 0.5) is 18.9 Å². The molecular weight excluding hydrogens is 295 g/mol. The Kier molecular flexibility index (Phi) is 3.32. The minimum atomic E-state index is -4.97. The summed E-state index contributed by atoms with van der Waals surface area (Å²) in [5, 5.41) is 8.69. The van der Waals surface area contributed by atoms with Crippen LogP contribution < -0.4 is 10.5 Å². The quantitative estimate of drug-likeness (QED) is 0.824. The van der Waals surface area contributed by atoms with Crippen molar-refractivity contribution in [1.29, 1.82) is 0 Å². The standard InChI is InChI=1S/C8H5BrF3NO3/c9-5-2-3(13)1-4(7(14)15)6(5)16-8(10,11)12/h1-2H,13H2,(H,14,15). The summed E-state index contributed by atoms with van der Waals surface area (Å²) in [4.78, 5) is 10.7. The highest BCUT2D eigenvalue weighted by Gasteiger charge is 2.34. The summed E-state index contributed by atoms with van der Waals surface area (Å²) in [5.74, 6) is -2.39. The lowest BCUT2D eigenvalue weighted by molar-refractivity contribution is -0.275. The Balaban J connectivity index is 3.30. The van der Waals surface area contributed by atoms with Gasteiger partial charge in [-0.05, 0) is 28.1 Å². The lowest BCUT2D eigenvalue weighted by Crippen LogP contribution is -2.19. The molecule has 0 saturated heterocycles. The predicted molar refractivity (Wildman–Crippen MR) is 52.2 cm³/mol. The van der Waals surface area contributed by atoms with Crippen molar-refractivity contribution in [2.24, 2.45) is 0 Å². The van der Waals surface area contributed by atoms with Crippen LogP contribution in [0.15, 0.2) is 16.6 Å². The molecule has 0 aliphatic rings. The van der Waals surface area contributed by atoms with E-state index < -0.39 is 23.6 Å². The molecule has 1 aromatic carbocycles. The predicted octanol–water partition coefficient (Wildman–Crippen LogP) is 2.63. The van der Waals surface area contributed by atoms with Gasteiger partial charge in [0.1, 0.15) is 5.56 Å². The van der Waals surface area contributed by atoms with Crippen LogP contribution in [-0.4, -0.2) is 17.4 Å². The fraction of sp³-hybridized carbons (Fsp3) is 0.125. The van der Waals surface area contributed by atoms with Crippen LogP contribution in [0.3, 0.4) is 0 Å². The van der Waals surface area contributed by atoms with E-state index in [9.17, 15) is 18.0 Å². The van der Waals surface area contributed by atoms with Gasteiger partial charge in [0.2, 0.25) is 0 Å². The second-order valence-electron chi connectivity index (χ2n) is 2.73. The number of aromatic carboxylic acids is 1. The van der Waals surface area contributed by atoms with Crippen molar-refractivity contribution in [2.45, 2.75) is 6.36 Å². The Bertz CT molecular complexity index is 433. The average molecular weight is 300 g/mol. The third-order valence-electron chi connectivity index (χ3n) is 1.51. The first kappa shape index (κ1) is 12.6. The van der Waals surface area contributed by atoms with E-state index in [2.05, 4.69) is 20.7 Å². The summed E-state index contributed by atoms with van der Waals surface area (Å²) in [7, 11) is 0. The molecule has 0 amide bonds. The zero-order valence-corrected chi connectivity index (χ0v) is 9.09. The van der Waals surface area contributed by atoms with E-state index in [0.717, 1.165) is 12.1 Å². The van der Waals surface area contributed by atoms with Gasteiger partial charge in [0.05, 0.1) is 4.47 Å². The number of halogens is 4. The largest absolute Gasteiger partial charge is 0.573 e. The van der Waals surface area contributed by atoms with E-state index in [-0.39, 0.29) is 10.2 Å². The van der Waals surface area contributed by atoms with Gasteiger partial charge in [0.25, 0.3) is 0 Å². The molecule has 0 unspecified atom stereocenters. The number of hydrogen-bond acceptors (Lipinski definition) is 3. The SMILES string of the molecule is Nc1cc(Br)c(OC(F)(F)F)c(C(=O)O)c1. The van der Waals surface area contributed by atoms with Crippen molar-refractivity contribution in [3.05, 3.63) is 22.2 Å². The van der Waals surface area contributed by atoms with Crippen LogP contribution in [0.1, 0.15) is 10.4 Å². The van der Waals surface area contributed by atoms with E-state index in [1.807, 2.05) is 0 Å². The maximum Gasteiger partial charge on any atom is 0.573 e. The Hall–Kier alpha value is -1.44. The monoisotopic (exact) mass is 299 g/mol. The van der Waals surface area contributed by atoms with Crippen LogP contribution >= 0.6 is 15.9 Å². The highest BCUT2D eigenvalue weighted by atomic mass is 79.9. The molecule has 0 aromatic heterocycles. The zero-order chi connectivity index (χ0) is 12.5. The van der Waals surface area contributed by atoms with Crippen LogP contribution in [0.25, 0.3) is 0 Å². The van der Waals surface area contributed by atoms with Gasteiger partial charge in [-0.1, -0.05) is 0 Å². The van der Waals surface area contributed by atoms with Crippen molar-refractivity contribution in [1.82, 2.24) is 0 Å². The number of carbonyl (C=O) groups is 1. The molecule has 0 bridgehead atoms. The van der Waals surface area contributed by atoms with E-state index in [1.54, 1.807) is 0 Å². The number of hydrogen-bond donors (Lipinski definition) is 2. The molecule has 0 spiro atoms. The summed E-state index contributed by atoms with van der Waals surface area (Å²) < 4.78 is 39.4. The Morgan fingerprint density at radius 3 is 2.44 bits per heavy atom. The average Bonchev–Trinajstić information content (AvgIpc) is 2.07. The molecule has 1 aromatic rings. The van der Waals surface area contributed by atoms with E-state index >= 15 is 0 Å². The van der Waals surface area contributed by atoms with Crippen molar-refractivity contribution < 1.29 is 27.8 Å². The maximum atomic E-state index is 12.0. The molecule has 0 fully saturated rings. The molecule has 0 aliphatic carbocycles. The van der Waals surface area contributed by atoms with Gasteiger partial charge in [0.15, 0.2) is 5.75 Å². The number of nitrogen functional groups attached to an aromatic ring is 1. The molecular formula is C8H5BrF3NO3. The van der Waals surface area contributed by atoms with Gasteiger partial charge in [-0.15, -0.1) is 13.2 Å². The second kappa shape index (κ2) is 4.20. The Labute approximate surface area is 95.9 Å². The third kappa shape index (κ3) is 3.02. The minimum Gasteiger partial charge on any atom is -0.478 e. The Morgan fingerprint density at radius 2 is 2.00 bits per heavy atom. The fourth-order valence-electron chi connectivity index (χ4n) is 0.993. The smallest absolute Gasteiger partial charge is 0.478 e. The van der Waals surface area contributed by atoms with Gasteiger partial charge in [-0.2, -0.15) is 0 Å². The van der Waals surface area contributed by atoms with Gasteiger partial charge in [-0.25, -0.2) is 4.79 Å². The topological polar surface area (TPSA) is 72.5 Å². The summed E-state index contributed by atoms with van der Waals surface area (Å²) in [6.07, 6.45) is -4.97. The third-order valence-corrected chi connectivity index (χ3v) is 2.10. The van der Waals surface area contributed by atoms with Crippen molar-refractivity contribution >= 4 is 27.6 Å². The van der Waals surface area contributed by atoms with Gasteiger partial charge in [-0.3, -0.25) is 0 Å². The van der Waals surface area contributed by atoms with E-state index in [0.29, 0.717) is 0 Å². The number of alkyl halides is 3. The maximum absolute atomic E-state index is 12.0. The van der Waals surface area contributed by atoms with Gasteiger partial charge >= 0.3 is 12.3 Å². The van der Waals surface area contributed by atoms with Gasteiger partial charge in [0, 0.05) is 5.69 Å². The summed E-state index contributed by atoms with van der Waals surface area (Å²) in [6, 6.07) is 2.00. The summed E-state index contributed by atoms with van der Waals surface area (Å²) in [5.41, 5.74) is 4.65. The normalized spacial score (nSPS) is 11.2. The number of rotatable bonds is 2. The highest BCUT2D eigenvalue weighted by molar-refractivity contribution is 9.10. The lowest BCUT2D eigenvalue weighted by atomic mass is 10.2. The zero-order valence-electron chi connectivity index (χ0n) is 7.51. The van der Waals surface area contributed by atoms with Crippen LogP contribution in [0.5, 0.6) is 5.75 Å². The molecule has 1 rings (SSSR count). The molecule has 3 N–H and O–H groups in total. The van der Waals surface area contributed by atoms with Crippen LogP contribution in [0.2, 0.25) is 0 Å². The number of ether oxygens (including phenoxy) is 1. The van der Waals surface area contributed by atoms with E-state index in [1.165, 1.54) is 0 Å². The molecule has 0 atom stereocenters. The lowest BCUT2D eigenvalue weighted by Gasteiger charge is -2.13. The number of anilines is 1. The first-order chi connectivity index (χ1) is 7.20. The first-order valence-electron chi connectivity index (χ1n) is 3.79. The minimum absolute atomic E-state index is 0.0128. The molecule has 0 radical (unpaired) electrons. The van der Waals surface area contributed by atoms with Crippen molar-refractivity contribution in [3.8, 4) is 5.75 Å². The van der Waals surface area contributed by atoms with Crippen LogP contribution in [0, 0.1) is 0 Å². The molecule has 0 aliphatic heterocycles. The van der Waals surface area contributed by atoms with Crippen molar-refractivity contribution in [3.63, 3.8) is 0 Å². The summed E-state index contributed by atoms with van der Waals surface area (Å²) >= 11 is 2.75. The summed E-state index contributed by atoms with van der Waals surface area (Å²) in [6.45, 7) is 0. The van der Waals surface area contributed by atoms with E-state index in [4.69, 9.17) is 10.8 Å². The second-order valence-corrected chi connectivity index (χ2v) is 3.59. The molecule has 88 valence electrons. The molecule has 16 heavy (non-hydrogen) atoms. The number of benzene rings is 1. The number of carboxylic acids is 1. The molecule has 4 nitrogen and oxygen atoms in total. The first-order valence-corrected chi connectivity index (χ1v) is 4.58. The van der Waals surface area contributed by atoms with Crippen molar-refractivity contribution in [2.75, 3.05) is 5.73 Å². The fourth-order valence-corrected chi connectivity index (χ4v) is 1.55. The molecule has 0 heterocycles. The van der Waals surface area contributed by atoms with Gasteiger partial charge < -0.3 is 15.6 Å². The number of nitrogens with two attached hydrogens (primary N) is 1.